The van der Waals surface area contributed by atoms with E-state index in [0.717, 1.165) is 5.56 Å². The Balaban J connectivity index is 1.52. The predicted octanol–water partition coefficient (Wildman–Crippen LogP) is 4.47. The van der Waals surface area contributed by atoms with Crippen molar-refractivity contribution in [3.63, 3.8) is 0 Å². The van der Waals surface area contributed by atoms with Crippen molar-refractivity contribution in [3.8, 4) is 17.2 Å². The first-order valence-electron chi connectivity index (χ1n) is 10.4. The van der Waals surface area contributed by atoms with E-state index in [4.69, 9.17) is 37.4 Å². The lowest BCUT2D eigenvalue weighted by atomic mass is 10.2. The second kappa shape index (κ2) is 12.6. The summed E-state index contributed by atoms with van der Waals surface area (Å²) in [4.78, 5) is 24.4. The fourth-order valence-corrected chi connectivity index (χ4v) is 3.28. The van der Waals surface area contributed by atoms with Crippen LogP contribution in [0, 0.1) is 0 Å². The van der Waals surface area contributed by atoms with Gasteiger partial charge >= 0.3 is 0 Å². The van der Waals surface area contributed by atoms with E-state index in [1.54, 1.807) is 36.4 Å². The number of amides is 2. The van der Waals surface area contributed by atoms with Crippen LogP contribution < -0.4 is 25.0 Å². The zero-order chi connectivity index (χ0) is 25.2. The van der Waals surface area contributed by atoms with E-state index in [1.165, 1.54) is 26.5 Å². The lowest BCUT2D eigenvalue weighted by molar-refractivity contribution is -0.120. The first-order chi connectivity index (χ1) is 16.9. The highest BCUT2D eigenvalue weighted by Gasteiger charge is 2.12. The third kappa shape index (κ3) is 7.37. The first-order valence-corrected chi connectivity index (χ1v) is 11.1. The molecule has 3 aromatic carbocycles. The van der Waals surface area contributed by atoms with Crippen LogP contribution in [0.4, 0.5) is 0 Å². The van der Waals surface area contributed by atoms with E-state index in [-0.39, 0.29) is 13.2 Å². The second-order valence-electron chi connectivity index (χ2n) is 7.12. The van der Waals surface area contributed by atoms with Gasteiger partial charge in [0.2, 0.25) is 0 Å². The molecule has 0 atom stereocenters. The number of hydrogen-bond acceptors (Lipinski definition) is 6. The highest BCUT2D eigenvalue weighted by atomic mass is 35.5. The number of methoxy groups -OCH3 is 2. The lowest BCUT2D eigenvalue weighted by Crippen LogP contribution is -2.34. The number of rotatable bonds is 10. The van der Waals surface area contributed by atoms with Crippen LogP contribution in [0.25, 0.3) is 0 Å². The topological polar surface area (TPSA) is 98.2 Å². The van der Waals surface area contributed by atoms with Crippen molar-refractivity contribution in [3.05, 3.63) is 87.4 Å². The Labute approximate surface area is 212 Å². The molecule has 0 aliphatic rings. The fourth-order valence-electron chi connectivity index (χ4n) is 2.96. The minimum absolute atomic E-state index is 0.264. The molecule has 0 heterocycles. The summed E-state index contributed by atoms with van der Waals surface area (Å²) >= 11 is 12.0. The molecule has 182 valence electrons. The molecular weight excluding hydrogens is 493 g/mol. The van der Waals surface area contributed by atoms with Gasteiger partial charge in [0.05, 0.1) is 37.0 Å². The maximum atomic E-state index is 12.3. The van der Waals surface area contributed by atoms with Gasteiger partial charge in [0.15, 0.2) is 11.5 Å². The summed E-state index contributed by atoms with van der Waals surface area (Å²) in [6.07, 6.45) is 1.46. The standard InChI is InChI=1S/C25H23Cl2N3O5/c1-33-22-10-8-17(12-23(22)34-2)25(32)28-14-24(31)30-29-13-18-5-3-4-6-21(18)35-15-16-7-9-19(26)20(27)11-16/h3-13H,14-15H2,1-2H3,(H,28,32)(H,30,31)/b29-13+. The molecule has 10 heteroatoms. The van der Waals surface area contributed by atoms with E-state index in [2.05, 4.69) is 15.8 Å². The summed E-state index contributed by atoms with van der Waals surface area (Å²) < 4.78 is 16.2. The normalized spacial score (nSPS) is 10.6. The van der Waals surface area contributed by atoms with Crippen molar-refractivity contribution in [2.45, 2.75) is 6.61 Å². The summed E-state index contributed by atoms with van der Waals surface area (Å²) in [5, 5.41) is 7.40. The SMILES string of the molecule is COc1ccc(C(=O)NCC(=O)N/N=C/c2ccccc2OCc2ccc(Cl)c(Cl)c2)cc1OC. The molecule has 3 rings (SSSR count). The number of para-hydroxylation sites is 1. The van der Waals surface area contributed by atoms with E-state index in [0.29, 0.717) is 38.4 Å². The molecule has 0 saturated heterocycles. The van der Waals surface area contributed by atoms with Gasteiger partial charge in [-0.1, -0.05) is 41.4 Å². The number of hydrazone groups is 1. The molecule has 0 saturated carbocycles. The molecule has 0 unspecified atom stereocenters. The minimum atomic E-state index is -0.496. The van der Waals surface area contributed by atoms with Gasteiger partial charge < -0.3 is 19.5 Å². The minimum Gasteiger partial charge on any atom is -0.493 e. The van der Waals surface area contributed by atoms with Gasteiger partial charge in [-0.3, -0.25) is 9.59 Å². The van der Waals surface area contributed by atoms with Gasteiger partial charge in [0.1, 0.15) is 12.4 Å². The van der Waals surface area contributed by atoms with Crippen LogP contribution in [0.3, 0.4) is 0 Å². The van der Waals surface area contributed by atoms with Crippen LogP contribution in [0.2, 0.25) is 10.0 Å². The van der Waals surface area contributed by atoms with Crippen molar-refractivity contribution in [2.75, 3.05) is 20.8 Å². The predicted molar refractivity (Wildman–Crippen MR) is 135 cm³/mol. The average molecular weight is 516 g/mol. The van der Waals surface area contributed by atoms with Crippen molar-refractivity contribution in [1.82, 2.24) is 10.7 Å². The summed E-state index contributed by atoms with van der Waals surface area (Å²) in [7, 11) is 2.98. The third-order valence-corrected chi connectivity index (χ3v) is 5.48. The Bertz CT molecular complexity index is 1230. The number of nitrogens with one attached hydrogen (secondary N) is 2. The summed E-state index contributed by atoms with van der Waals surface area (Å²) in [6.45, 7) is 0.0102. The third-order valence-electron chi connectivity index (χ3n) is 4.75. The number of carbonyl (C=O) groups is 2. The molecule has 0 aliphatic carbocycles. The van der Waals surface area contributed by atoms with Gasteiger partial charge in [-0.05, 0) is 48.0 Å². The van der Waals surface area contributed by atoms with Crippen molar-refractivity contribution in [2.24, 2.45) is 5.10 Å². The molecule has 35 heavy (non-hydrogen) atoms. The van der Waals surface area contributed by atoms with Crippen LogP contribution in [0.5, 0.6) is 17.2 Å². The zero-order valence-electron chi connectivity index (χ0n) is 19.0. The van der Waals surface area contributed by atoms with Crippen LogP contribution >= 0.6 is 23.2 Å². The molecule has 0 radical (unpaired) electrons. The van der Waals surface area contributed by atoms with E-state index in [1.807, 2.05) is 18.2 Å². The average Bonchev–Trinajstić information content (AvgIpc) is 2.88. The Morgan fingerprint density at radius 2 is 1.69 bits per heavy atom. The number of ether oxygens (including phenoxy) is 3. The molecule has 3 aromatic rings. The van der Waals surface area contributed by atoms with Gasteiger partial charge in [0, 0.05) is 11.1 Å². The molecule has 0 fully saturated rings. The van der Waals surface area contributed by atoms with Crippen molar-refractivity contribution >= 4 is 41.2 Å². The number of nitrogens with zero attached hydrogens (tertiary/aromatic N) is 1. The van der Waals surface area contributed by atoms with Gasteiger partial charge in [-0.2, -0.15) is 5.10 Å². The van der Waals surface area contributed by atoms with E-state index in [9.17, 15) is 9.59 Å². The van der Waals surface area contributed by atoms with Crippen molar-refractivity contribution in [1.29, 1.82) is 0 Å². The van der Waals surface area contributed by atoms with E-state index >= 15 is 0 Å². The number of hydrogen-bond donors (Lipinski definition) is 2. The molecule has 0 aliphatic heterocycles. The molecule has 0 bridgehead atoms. The molecule has 2 amide bonds. The summed E-state index contributed by atoms with van der Waals surface area (Å²) in [6, 6.07) is 17.2. The largest absolute Gasteiger partial charge is 0.493 e. The molecule has 0 spiro atoms. The smallest absolute Gasteiger partial charge is 0.259 e. The zero-order valence-corrected chi connectivity index (χ0v) is 20.5. The van der Waals surface area contributed by atoms with E-state index < -0.39 is 11.8 Å². The first kappa shape index (κ1) is 25.9. The molecule has 8 nitrogen and oxygen atoms in total. The van der Waals surface area contributed by atoms with Crippen LogP contribution in [-0.2, 0) is 11.4 Å². The Kier molecular flexibility index (Phi) is 9.34. The van der Waals surface area contributed by atoms with Crippen molar-refractivity contribution < 1.29 is 23.8 Å². The maximum Gasteiger partial charge on any atom is 0.259 e. The highest BCUT2D eigenvalue weighted by Crippen LogP contribution is 2.27. The molecular formula is C25H23Cl2N3O5. The van der Waals surface area contributed by atoms with Gasteiger partial charge in [0.25, 0.3) is 11.8 Å². The van der Waals surface area contributed by atoms with Crippen LogP contribution in [0.15, 0.2) is 65.8 Å². The fraction of sp³-hybridized carbons (Fsp3) is 0.160. The Hall–Kier alpha value is -3.75. The van der Waals surface area contributed by atoms with Crippen LogP contribution in [-0.4, -0.2) is 38.8 Å². The lowest BCUT2D eigenvalue weighted by Gasteiger charge is -2.10. The summed E-state index contributed by atoms with van der Waals surface area (Å²) in [5.74, 6) is 0.542. The highest BCUT2D eigenvalue weighted by molar-refractivity contribution is 6.42. The maximum absolute atomic E-state index is 12.3. The molecule has 0 aromatic heterocycles. The number of carbonyl (C=O) groups excluding carboxylic acids is 2. The second-order valence-corrected chi connectivity index (χ2v) is 7.93. The monoisotopic (exact) mass is 515 g/mol. The molecule has 2 N–H and O–H groups in total. The number of halogens is 2. The summed E-state index contributed by atoms with van der Waals surface area (Å²) in [5.41, 5.74) is 4.21. The Morgan fingerprint density at radius 3 is 2.43 bits per heavy atom. The number of benzene rings is 3. The quantitative estimate of drug-likeness (QED) is 0.306. The van der Waals surface area contributed by atoms with Gasteiger partial charge in [-0.25, -0.2) is 5.43 Å². The van der Waals surface area contributed by atoms with Gasteiger partial charge in [-0.15, -0.1) is 0 Å². The van der Waals surface area contributed by atoms with Crippen LogP contribution in [0.1, 0.15) is 21.5 Å². The Morgan fingerprint density at radius 1 is 0.914 bits per heavy atom.